The first-order valence-corrected chi connectivity index (χ1v) is 9.20. The molecule has 3 rings (SSSR count). The Balaban J connectivity index is 1.53. The first kappa shape index (κ1) is 20.4. The molecule has 1 atom stereocenters. The summed E-state index contributed by atoms with van der Waals surface area (Å²) in [6.45, 7) is 4.56. The molecule has 1 saturated heterocycles. The largest absolute Gasteiger partial charge is 0.416 e. The van der Waals surface area contributed by atoms with E-state index in [1.165, 1.54) is 12.1 Å². The minimum absolute atomic E-state index is 0.252. The minimum Gasteiger partial charge on any atom is -0.354 e. The van der Waals surface area contributed by atoms with E-state index in [1.807, 2.05) is 11.0 Å². The molecular weight excluding hydrogens is 393 g/mol. The van der Waals surface area contributed by atoms with Crippen molar-refractivity contribution < 1.29 is 18.0 Å². The van der Waals surface area contributed by atoms with Gasteiger partial charge in [-0.15, -0.1) is 0 Å². The highest BCUT2D eigenvalue weighted by atomic mass is 35.5. The number of aromatic nitrogens is 1. The zero-order valence-electron chi connectivity index (χ0n) is 15.2. The Morgan fingerprint density at radius 3 is 2.29 bits per heavy atom. The van der Waals surface area contributed by atoms with Crippen molar-refractivity contribution in [3.05, 3.63) is 53.2 Å². The molecular formula is C19H20ClF3N4O. The fourth-order valence-electron chi connectivity index (χ4n) is 3.05. The van der Waals surface area contributed by atoms with Crippen molar-refractivity contribution in [3.8, 4) is 0 Å². The molecule has 1 unspecified atom stereocenters. The number of benzene rings is 1. The van der Waals surface area contributed by atoms with Gasteiger partial charge in [0, 0.05) is 38.1 Å². The highest BCUT2D eigenvalue weighted by Crippen LogP contribution is 2.29. The number of piperazine rings is 1. The summed E-state index contributed by atoms with van der Waals surface area (Å²) in [4.78, 5) is 20.9. The summed E-state index contributed by atoms with van der Waals surface area (Å²) in [5.74, 6) is 0.587. The Kier molecular flexibility index (Phi) is 6.10. The number of amides is 1. The molecule has 28 heavy (non-hydrogen) atoms. The van der Waals surface area contributed by atoms with E-state index in [0.29, 0.717) is 36.9 Å². The number of anilines is 2. The van der Waals surface area contributed by atoms with Crippen LogP contribution in [0.2, 0.25) is 5.02 Å². The summed E-state index contributed by atoms with van der Waals surface area (Å²) in [7, 11) is 0. The van der Waals surface area contributed by atoms with Gasteiger partial charge >= 0.3 is 6.18 Å². The highest BCUT2D eigenvalue weighted by molar-refractivity contribution is 6.30. The second kappa shape index (κ2) is 8.36. The van der Waals surface area contributed by atoms with E-state index in [1.54, 1.807) is 19.2 Å². The number of hydrogen-bond donors (Lipinski definition) is 1. The lowest BCUT2D eigenvalue weighted by Crippen LogP contribution is -2.53. The molecule has 0 aliphatic carbocycles. The first-order chi connectivity index (χ1) is 13.2. The molecule has 150 valence electrons. The van der Waals surface area contributed by atoms with Gasteiger partial charge in [-0.25, -0.2) is 4.98 Å². The van der Waals surface area contributed by atoms with Crippen LogP contribution < -0.4 is 10.2 Å². The summed E-state index contributed by atoms with van der Waals surface area (Å²) in [6, 6.07) is 7.68. The minimum atomic E-state index is -4.39. The number of hydrogen-bond acceptors (Lipinski definition) is 4. The van der Waals surface area contributed by atoms with Crippen LogP contribution in [0.1, 0.15) is 12.5 Å². The van der Waals surface area contributed by atoms with Crippen molar-refractivity contribution in [1.29, 1.82) is 0 Å². The normalized spacial score (nSPS) is 16.7. The molecule has 1 aliphatic rings. The van der Waals surface area contributed by atoms with Crippen LogP contribution in [0.25, 0.3) is 0 Å². The summed E-state index contributed by atoms with van der Waals surface area (Å²) in [5.41, 5.74) is -0.403. The fraction of sp³-hybridized carbons (Fsp3) is 0.368. The standard InChI is InChI=1S/C19H20ClF3N4O/c1-13(18(28)25-16-5-2-14(3-6-16)19(21,22)23)26-8-10-27(11-9-26)17-7-4-15(20)12-24-17/h2-7,12-13H,8-11H2,1H3,(H,25,28). The van der Waals surface area contributed by atoms with Gasteiger partial charge in [0.1, 0.15) is 5.82 Å². The Morgan fingerprint density at radius 2 is 1.75 bits per heavy atom. The Hall–Kier alpha value is -2.32. The van der Waals surface area contributed by atoms with Crippen molar-refractivity contribution in [2.45, 2.75) is 19.1 Å². The van der Waals surface area contributed by atoms with Crippen LogP contribution in [0.3, 0.4) is 0 Å². The van der Waals surface area contributed by atoms with Crippen LogP contribution in [0, 0.1) is 0 Å². The summed E-state index contributed by atoms with van der Waals surface area (Å²) in [6.07, 6.45) is -2.79. The van der Waals surface area contributed by atoms with Crippen LogP contribution in [-0.4, -0.2) is 48.0 Å². The maximum Gasteiger partial charge on any atom is 0.416 e. The lowest BCUT2D eigenvalue weighted by Gasteiger charge is -2.38. The summed E-state index contributed by atoms with van der Waals surface area (Å²) >= 11 is 5.86. The van der Waals surface area contributed by atoms with Crippen LogP contribution in [0.4, 0.5) is 24.7 Å². The molecule has 1 aromatic heterocycles. The molecule has 0 spiro atoms. The van der Waals surface area contributed by atoms with Crippen molar-refractivity contribution in [2.75, 3.05) is 36.4 Å². The monoisotopic (exact) mass is 412 g/mol. The molecule has 1 N–H and O–H groups in total. The van der Waals surface area contributed by atoms with Crippen molar-refractivity contribution in [1.82, 2.24) is 9.88 Å². The molecule has 1 fully saturated rings. The number of carbonyl (C=O) groups excluding carboxylic acids is 1. The van der Waals surface area contributed by atoms with Gasteiger partial charge in [-0.3, -0.25) is 9.69 Å². The fourth-order valence-corrected chi connectivity index (χ4v) is 3.16. The molecule has 9 heteroatoms. The van der Waals surface area contributed by atoms with E-state index in [4.69, 9.17) is 11.6 Å². The van der Waals surface area contributed by atoms with Gasteiger partial charge in [0.05, 0.1) is 16.6 Å². The molecule has 1 aromatic carbocycles. The topological polar surface area (TPSA) is 48.5 Å². The SMILES string of the molecule is CC(C(=O)Nc1ccc(C(F)(F)F)cc1)N1CCN(c2ccc(Cl)cn2)CC1. The van der Waals surface area contributed by atoms with Gasteiger partial charge in [-0.05, 0) is 43.3 Å². The Morgan fingerprint density at radius 1 is 1.11 bits per heavy atom. The molecule has 2 aromatic rings. The van der Waals surface area contributed by atoms with E-state index >= 15 is 0 Å². The lowest BCUT2D eigenvalue weighted by molar-refractivity contribution is -0.137. The molecule has 0 saturated carbocycles. The first-order valence-electron chi connectivity index (χ1n) is 8.83. The Bertz CT molecular complexity index is 803. The van der Waals surface area contributed by atoms with E-state index < -0.39 is 17.8 Å². The third-order valence-electron chi connectivity index (χ3n) is 4.76. The van der Waals surface area contributed by atoms with Gasteiger partial charge in [0.15, 0.2) is 0 Å². The predicted molar refractivity (Wildman–Crippen MR) is 103 cm³/mol. The van der Waals surface area contributed by atoms with Crippen LogP contribution in [-0.2, 0) is 11.0 Å². The number of pyridine rings is 1. The molecule has 1 aliphatic heterocycles. The van der Waals surface area contributed by atoms with Gasteiger partial charge in [0.25, 0.3) is 0 Å². The number of rotatable bonds is 4. The number of alkyl halides is 3. The van der Waals surface area contributed by atoms with E-state index in [0.717, 1.165) is 18.0 Å². The van der Waals surface area contributed by atoms with Crippen LogP contribution >= 0.6 is 11.6 Å². The van der Waals surface area contributed by atoms with Crippen molar-refractivity contribution in [2.24, 2.45) is 0 Å². The zero-order valence-corrected chi connectivity index (χ0v) is 16.0. The average molecular weight is 413 g/mol. The third kappa shape index (κ3) is 4.94. The molecule has 0 bridgehead atoms. The second-order valence-electron chi connectivity index (χ2n) is 6.60. The number of nitrogens with zero attached hydrogens (tertiary/aromatic N) is 3. The van der Waals surface area contributed by atoms with Crippen molar-refractivity contribution in [3.63, 3.8) is 0 Å². The molecule has 2 heterocycles. The second-order valence-corrected chi connectivity index (χ2v) is 7.03. The maximum absolute atomic E-state index is 12.6. The summed E-state index contributed by atoms with van der Waals surface area (Å²) < 4.78 is 37.9. The van der Waals surface area contributed by atoms with Crippen LogP contribution in [0.15, 0.2) is 42.6 Å². The number of halogens is 4. The molecule has 5 nitrogen and oxygen atoms in total. The smallest absolute Gasteiger partial charge is 0.354 e. The maximum atomic E-state index is 12.6. The van der Waals surface area contributed by atoms with Gasteiger partial charge in [0.2, 0.25) is 5.91 Å². The third-order valence-corrected chi connectivity index (χ3v) is 4.98. The summed E-state index contributed by atoms with van der Waals surface area (Å²) in [5, 5.41) is 3.26. The van der Waals surface area contributed by atoms with E-state index in [2.05, 4.69) is 15.2 Å². The lowest BCUT2D eigenvalue weighted by atomic mass is 10.1. The van der Waals surface area contributed by atoms with Crippen LogP contribution in [0.5, 0.6) is 0 Å². The highest BCUT2D eigenvalue weighted by Gasteiger charge is 2.30. The number of nitrogens with one attached hydrogen (secondary N) is 1. The average Bonchev–Trinajstić information content (AvgIpc) is 2.68. The molecule has 1 amide bonds. The number of carbonyl (C=O) groups is 1. The quantitative estimate of drug-likeness (QED) is 0.827. The van der Waals surface area contributed by atoms with E-state index in [9.17, 15) is 18.0 Å². The van der Waals surface area contributed by atoms with Gasteiger partial charge in [-0.2, -0.15) is 13.2 Å². The van der Waals surface area contributed by atoms with Crippen molar-refractivity contribution >= 4 is 29.0 Å². The van der Waals surface area contributed by atoms with E-state index in [-0.39, 0.29) is 5.91 Å². The Labute approximate surface area is 166 Å². The zero-order chi connectivity index (χ0) is 20.3. The molecule has 0 radical (unpaired) electrons. The van der Waals surface area contributed by atoms with Gasteiger partial charge in [-0.1, -0.05) is 11.6 Å². The van der Waals surface area contributed by atoms with Gasteiger partial charge < -0.3 is 10.2 Å². The predicted octanol–water partition coefficient (Wildman–Crippen LogP) is 3.90.